The standard InChI is InChI=1S/C19H14N4O/c1-14-9-17(23-18(12-22)16(10-20)11-21)7-8-19(14)24-13-15-5-3-2-4-6-15/h2-9,23H,13H2,1H3. The minimum Gasteiger partial charge on any atom is -0.489 e. The van der Waals surface area contributed by atoms with Crippen LogP contribution in [-0.4, -0.2) is 0 Å². The maximum absolute atomic E-state index is 9.06. The molecule has 0 fully saturated rings. The van der Waals surface area contributed by atoms with Crippen LogP contribution in [0.1, 0.15) is 11.1 Å². The van der Waals surface area contributed by atoms with Crippen molar-refractivity contribution >= 4 is 5.69 Å². The lowest BCUT2D eigenvalue weighted by Gasteiger charge is -2.11. The number of rotatable bonds is 5. The summed E-state index contributed by atoms with van der Waals surface area (Å²) >= 11 is 0. The molecule has 2 aromatic rings. The van der Waals surface area contributed by atoms with Crippen LogP contribution in [0.5, 0.6) is 5.75 Å². The Morgan fingerprint density at radius 3 is 2.29 bits per heavy atom. The van der Waals surface area contributed by atoms with Crippen molar-refractivity contribution in [3.8, 4) is 24.0 Å². The number of nitrogens with one attached hydrogen (secondary N) is 1. The number of ether oxygens (including phenoxy) is 1. The predicted molar refractivity (Wildman–Crippen MR) is 89.4 cm³/mol. The summed E-state index contributed by atoms with van der Waals surface area (Å²) in [5.41, 5.74) is 2.24. The SMILES string of the molecule is Cc1cc(NC(C#N)=C(C#N)C#N)ccc1OCc1ccccc1. The van der Waals surface area contributed by atoms with Gasteiger partial charge in [0.1, 0.15) is 36.3 Å². The van der Waals surface area contributed by atoms with Crippen molar-refractivity contribution in [2.75, 3.05) is 5.32 Å². The molecule has 0 saturated carbocycles. The fraction of sp³-hybridized carbons (Fsp3) is 0.105. The van der Waals surface area contributed by atoms with Crippen LogP contribution in [0.3, 0.4) is 0 Å². The summed E-state index contributed by atoms with van der Waals surface area (Å²) in [6.45, 7) is 2.35. The smallest absolute Gasteiger partial charge is 0.163 e. The lowest BCUT2D eigenvalue weighted by molar-refractivity contribution is 0.304. The summed E-state index contributed by atoms with van der Waals surface area (Å²) in [7, 11) is 0. The highest BCUT2D eigenvalue weighted by molar-refractivity contribution is 5.60. The van der Waals surface area contributed by atoms with Crippen LogP contribution < -0.4 is 10.1 Å². The molecule has 0 bridgehead atoms. The van der Waals surface area contributed by atoms with Crippen molar-refractivity contribution in [3.63, 3.8) is 0 Å². The van der Waals surface area contributed by atoms with Gasteiger partial charge in [0, 0.05) is 5.69 Å². The van der Waals surface area contributed by atoms with Gasteiger partial charge in [-0.25, -0.2) is 0 Å². The average molecular weight is 314 g/mol. The molecule has 0 amide bonds. The molecular formula is C19H14N4O. The zero-order chi connectivity index (χ0) is 17.4. The highest BCUT2D eigenvalue weighted by atomic mass is 16.5. The molecule has 0 aliphatic carbocycles. The number of anilines is 1. The lowest BCUT2D eigenvalue weighted by atomic mass is 10.1. The van der Waals surface area contributed by atoms with Crippen molar-refractivity contribution in [2.24, 2.45) is 0 Å². The third-order valence-electron chi connectivity index (χ3n) is 3.27. The van der Waals surface area contributed by atoms with Crippen LogP contribution in [0.4, 0.5) is 5.69 Å². The van der Waals surface area contributed by atoms with Gasteiger partial charge in [-0.15, -0.1) is 0 Å². The molecule has 0 radical (unpaired) electrons. The summed E-state index contributed by atoms with van der Waals surface area (Å²) in [5.74, 6) is 0.729. The third kappa shape index (κ3) is 4.13. The number of allylic oxidation sites excluding steroid dienone is 2. The molecule has 5 nitrogen and oxygen atoms in total. The maximum atomic E-state index is 9.06. The minimum atomic E-state index is -0.250. The van der Waals surface area contributed by atoms with Crippen molar-refractivity contribution < 1.29 is 4.74 Å². The van der Waals surface area contributed by atoms with Gasteiger partial charge in [0.05, 0.1) is 0 Å². The van der Waals surface area contributed by atoms with Gasteiger partial charge < -0.3 is 10.1 Å². The normalized spacial score (nSPS) is 9.08. The zero-order valence-electron chi connectivity index (χ0n) is 13.1. The van der Waals surface area contributed by atoms with Crippen molar-refractivity contribution in [1.29, 1.82) is 15.8 Å². The van der Waals surface area contributed by atoms with Crippen LogP contribution >= 0.6 is 0 Å². The molecule has 2 rings (SSSR count). The molecule has 24 heavy (non-hydrogen) atoms. The third-order valence-corrected chi connectivity index (χ3v) is 3.27. The molecule has 1 N–H and O–H groups in total. The number of aryl methyl sites for hydroxylation is 1. The van der Waals surface area contributed by atoms with Gasteiger partial charge in [-0.1, -0.05) is 30.3 Å². The minimum absolute atomic E-state index is 0.0719. The Labute approximate surface area is 140 Å². The Morgan fingerprint density at radius 2 is 1.71 bits per heavy atom. The fourth-order valence-corrected chi connectivity index (χ4v) is 2.05. The molecule has 2 aromatic carbocycles. The Kier molecular flexibility index (Phi) is 5.56. The summed E-state index contributed by atoms with van der Waals surface area (Å²) in [6.07, 6.45) is 0. The summed E-state index contributed by atoms with van der Waals surface area (Å²) in [4.78, 5) is 0. The maximum Gasteiger partial charge on any atom is 0.163 e. The van der Waals surface area contributed by atoms with E-state index in [0.717, 1.165) is 16.9 Å². The molecule has 116 valence electrons. The van der Waals surface area contributed by atoms with E-state index in [-0.39, 0.29) is 11.3 Å². The van der Waals surface area contributed by atoms with Gasteiger partial charge in [0.15, 0.2) is 5.57 Å². The van der Waals surface area contributed by atoms with Gasteiger partial charge in [-0.2, -0.15) is 15.8 Å². The molecule has 0 aliphatic rings. The first-order valence-corrected chi connectivity index (χ1v) is 7.17. The number of hydrogen-bond acceptors (Lipinski definition) is 5. The van der Waals surface area contributed by atoms with Crippen LogP contribution in [0.2, 0.25) is 0 Å². The van der Waals surface area contributed by atoms with Crippen LogP contribution in [0.15, 0.2) is 59.8 Å². The molecule has 0 spiro atoms. The fourth-order valence-electron chi connectivity index (χ4n) is 2.05. The molecule has 0 aromatic heterocycles. The molecule has 0 aliphatic heterocycles. The Hall–Kier alpha value is -3.75. The molecule has 0 heterocycles. The Morgan fingerprint density at radius 1 is 1.00 bits per heavy atom. The topological polar surface area (TPSA) is 92.6 Å². The van der Waals surface area contributed by atoms with E-state index < -0.39 is 0 Å². The van der Waals surface area contributed by atoms with Gasteiger partial charge in [0.2, 0.25) is 0 Å². The zero-order valence-corrected chi connectivity index (χ0v) is 13.1. The summed E-state index contributed by atoms with van der Waals surface area (Å²) in [6, 6.07) is 20.4. The van der Waals surface area contributed by atoms with E-state index >= 15 is 0 Å². The monoisotopic (exact) mass is 314 g/mol. The van der Waals surface area contributed by atoms with Crippen molar-refractivity contribution in [1.82, 2.24) is 0 Å². The average Bonchev–Trinajstić information content (AvgIpc) is 2.62. The van der Waals surface area contributed by atoms with Gasteiger partial charge in [-0.3, -0.25) is 0 Å². The highest BCUT2D eigenvalue weighted by Gasteiger charge is 2.08. The number of nitriles is 3. The van der Waals surface area contributed by atoms with Gasteiger partial charge in [0.25, 0.3) is 0 Å². The van der Waals surface area contributed by atoms with E-state index in [1.807, 2.05) is 43.3 Å². The number of benzene rings is 2. The van der Waals surface area contributed by atoms with E-state index in [1.54, 1.807) is 30.3 Å². The van der Waals surface area contributed by atoms with Crippen LogP contribution in [-0.2, 0) is 6.61 Å². The largest absolute Gasteiger partial charge is 0.489 e. The van der Waals surface area contributed by atoms with Crippen molar-refractivity contribution in [2.45, 2.75) is 13.5 Å². The summed E-state index contributed by atoms with van der Waals surface area (Å²) < 4.78 is 5.79. The van der Waals surface area contributed by atoms with Crippen molar-refractivity contribution in [3.05, 3.63) is 70.9 Å². The highest BCUT2D eigenvalue weighted by Crippen LogP contribution is 2.24. The molecule has 0 unspecified atom stereocenters. The quantitative estimate of drug-likeness (QED) is 0.847. The predicted octanol–water partition coefficient (Wildman–Crippen LogP) is 3.81. The van der Waals surface area contributed by atoms with Gasteiger partial charge in [-0.05, 0) is 36.2 Å². The van der Waals surface area contributed by atoms with Crippen LogP contribution in [0, 0.1) is 40.9 Å². The molecule has 0 atom stereocenters. The van der Waals surface area contributed by atoms with E-state index in [1.165, 1.54) is 0 Å². The van der Waals surface area contributed by atoms with E-state index in [0.29, 0.717) is 12.3 Å². The molecule has 5 heteroatoms. The first-order valence-electron chi connectivity index (χ1n) is 7.17. The van der Waals surface area contributed by atoms with E-state index in [4.69, 9.17) is 20.5 Å². The second-order valence-electron chi connectivity index (χ2n) is 4.96. The number of hydrogen-bond donors (Lipinski definition) is 1. The number of nitrogens with zero attached hydrogens (tertiary/aromatic N) is 3. The second kappa shape index (κ2) is 8.03. The van der Waals surface area contributed by atoms with E-state index in [2.05, 4.69) is 5.32 Å². The van der Waals surface area contributed by atoms with Gasteiger partial charge >= 0.3 is 0 Å². The van der Waals surface area contributed by atoms with E-state index in [9.17, 15) is 0 Å². The summed E-state index contributed by atoms with van der Waals surface area (Å²) in [5, 5.41) is 29.5. The Bertz CT molecular complexity index is 864. The molecule has 0 saturated heterocycles. The first-order chi connectivity index (χ1) is 11.7. The Balaban J connectivity index is 2.13. The lowest BCUT2D eigenvalue weighted by Crippen LogP contribution is -2.02. The first kappa shape index (κ1) is 16.6. The molecular weight excluding hydrogens is 300 g/mol. The van der Waals surface area contributed by atoms with Crippen LogP contribution in [0.25, 0.3) is 0 Å². The second-order valence-corrected chi connectivity index (χ2v) is 4.96.